The van der Waals surface area contributed by atoms with Crippen LogP contribution in [0.1, 0.15) is 24.6 Å². The lowest BCUT2D eigenvalue weighted by Gasteiger charge is -2.24. The molecule has 1 aliphatic rings. The Hall–Kier alpha value is -2.14. The Balaban J connectivity index is 1.54. The Kier molecular flexibility index (Phi) is 5.30. The van der Waals surface area contributed by atoms with Crippen molar-refractivity contribution in [2.45, 2.75) is 38.9 Å². The molecule has 5 heteroatoms. The summed E-state index contributed by atoms with van der Waals surface area (Å²) >= 11 is 0. The van der Waals surface area contributed by atoms with E-state index < -0.39 is 0 Å². The Morgan fingerprint density at radius 2 is 2.04 bits per heavy atom. The lowest BCUT2D eigenvalue weighted by atomic mass is 10.2. The zero-order chi connectivity index (χ0) is 16.9. The van der Waals surface area contributed by atoms with Crippen LogP contribution in [-0.2, 0) is 24.3 Å². The summed E-state index contributed by atoms with van der Waals surface area (Å²) in [5, 5.41) is 4.31. The second-order valence-electron chi connectivity index (χ2n) is 6.42. The van der Waals surface area contributed by atoms with Gasteiger partial charge < -0.3 is 4.90 Å². The van der Waals surface area contributed by atoms with Crippen molar-refractivity contribution in [1.82, 2.24) is 19.6 Å². The summed E-state index contributed by atoms with van der Waals surface area (Å²) in [6.45, 7) is 5.42. The van der Waals surface area contributed by atoms with Crippen molar-refractivity contribution in [3.63, 3.8) is 0 Å². The molecule has 1 fully saturated rings. The van der Waals surface area contributed by atoms with E-state index in [4.69, 9.17) is 0 Å². The van der Waals surface area contributed by atoms with E-state index in [-0.39, 0.29) is 11.9 Å². The van der Waals surface area contributed by atoms with E-state index in [0.29, 0.717) is 6.54 Å². The van der Waals surface area contributed by atoms with Crippen LogP contribution in [0.15, 0.2) is 42.6 Å². The molecule has 5 nitrogen and oxygen atoms in total. The summed E-state index contributed by atoms with van der Waals surface area (Å²) in [7, 11) is 2.06. The maximum absolute atomic E-state index is 12.7. The molecular weight excluding hydrogens is 300 g/mol. The van der Waals surface area contributed by atoms with E-state index >= 15 is 0 Å². The first kappa shape index (κ1) is 16.7. The van der Waals surface area contributed by atoms with Crippen molar-refractivity contribution in [3.05, 3.63) is 53.9 Å². The summed E-state index contributed by atoms with van der Waals surface area (Å²) in [6.07, 6.45) is 3.68. The molecule has 1 aliphatic heterocycles. The van der Waals surface area contributed by atoms with Gasteiger partial charge in [0.2, 0.25) is 5.91 Å². The summed E-state index contributed by atoms with van der Waals surface area (Å²) in [5.74, 6) is 0.255. The van der Waals surface area contributed by atoms with Gasteiger partial charge in [-0.15, -0.1) is 0 Å². The van der Waals surface area contributed by atoms with Crippen LogP contribution in [0.25, 0.3) is 0 Å². The second-order valence-corrected chi connectivity index (χ2v) is 6.42. The molecule has 2 heterocycles. The van der Waals surface area contributed by atoms with Gasteiger partial charge in [-0.3, -0.25) is 14.4 Å². The molecule has 1 amide bonds. The van der Waals surface area contributed by atoms with Gasteiger partial charge in [0, 0.05) is 44.5 Å². The number of rotatable bonds is 7. The molecule has 1 saturated heterocycles. The zero-order valence-corrected chi connectivity index (χ0v) is 14.6. The van der Waals surface area contributed by atoms with Gasteiger partial charge in [-0.2, -0.15) is 5.10 Å². The standard InChI is InChI=1S/C19H26N4O/c1-3-23-17(9-12-20-23)10-13-21(2)18-11-14-22(19(18)24)15-16-7-5-4-6-8-16/h4-9,12,18H,3,10-11,13-15H2,1-2H3. The Bertz CT molecular complexity index is 667. The molecule has 0 bridgehead atoms. The van der Waals surface area contributed by atoms with Crippen LogP contribution in [0.2, 0.25) is 0 Å². The summed E-state index contributed by atoms with van der Waals surface area (Å²) in [4.78, 5) is 16.9. The second kappa shape index (κ2) is 7.62. The van der Waals surface area contributed by atoms with E-state index in [1.165, 1.54) is 11.3 Å². The fraction of sp³-hybridized carbons (Fsp3) is 0.474. The van der Waals surface area contributed by atoms with Crippen LogP contribution in [0.3, 0.4) is 0 Å². The minimum atomic E-state index is 0.00621. The molecular formula is C19H26N4O. The molecule has 0 spiro atoms. The number of amides is 1. The fourth-order valence-corrected chi connectivity index (χ4v) is 3.40. The number of benzene rings is 1. The predicted molar refractivity (Wildman–Crippen MR) is 94.5 cm³/mol. The topological polar surface area (TPSA) is 41.4 Å². The quantitative estimate of drug-likeness (QED) is 0.783. The highest BCUT2D eigenvalue weighted by atomic mass is 16.2. The average Bonchev–Trinajstić information content (AvgIpc) is 3.21. The van der Waals surface area contributed by atoms with E-state index in [1.807, 2.05) is 34.0 Å². The van der Waals surface area contributed by atoms with Crippen LogP contribution >= 0.6 is 0 Å². The Morgan fingerprint density at radius 1 is 1.25 bits per heavy atom. The minimum absolute atomic E-state index is 0.00621. The van der Waals surface area contributed by atoms with Crippen LogP contribution in [0.5, 0.6) is 0 Å². The van der Waals surface area contributed by atoms with E-state index in [0.717, 1.165) is 32.5 Å². The molecule has 0 saturated carbocycles. The van der Waals surface area contributed by atoms with Crippen LogP contribution in [-0.4, -0.2) is 51.7 Å². The minimum Gasteiger partial charge on any atom is -0.337 e. The molecule has 0 N–H and O–H groups in total. The molecule has 128 valence electrons. The highest BCUT2D eigenvalue weighted by Crippen LogP contribution is 2.19. The number of carbonyl (C=O) groups is 1. The molecule has 1 atom stereocenters. The van der Waals surface area contributed by atoms with Crippen molar-refractivity contribution < 1.29 is 4.79 Å². The molecule has 1 aromatic heterocycles. The van der Waals surface area contributed by atoms with Gasteiger partial charge in [0.05, 0.1) is 6.04 Å². The van der Waals surface area contributed by atoms with Crippen LogP contribution in [0.4, 0.5) is 0 Å². The molecule has 0 radical (unpaired) electrons. The van der Waals surface area contributed by atoms with E-state index in [1.54, 1.807) is 0 Å². The number of likely N-dealkylation sites (N-methyl/N-ethyl adjacent to an activating group) is 1. The first-order valence-corrected chi connectivity index (χ1v) is 8.72. The number of hydrogen-bond donors (Lipinski definition) is 0. The van der Waals surface area contributed by atoms with E-state index in [2.05, 4.69) is 42.2 Å². The number of nitrogens with zero attached hydrogens (tertiary/aromatic N) is 4. The van der Waals surface area contributed by atoms with Crippen molar-refractivity contribution >= 4 is 5.91 Å². The average molecular weight is 326 g/mol. The van der Waals surface area contributed by atoms with Crippen molar-refractivity contribution in [1.29, 1.82) is 0 Å². The molecule has 1 unspecified atom stereocenters. The highest BCUT2D eigenvalue weighted by Gasteiger charge is 2.34. The third-order valence-electron chi connectivity index (χ3n) is 4.84. The fourth-order valence-electron chi connectivity index (χ4n) is 3.40. The number of aromatic nitrogens is 2. The predicted octanol–water partition coefficient (Wildman–Crippen LogP) is 2.18. The number of likely N-dealkylation sites (tertiary alicyclic amines) is 1. The SMILES string of the molecule is CCn1nccc1CCN(C)C1CCN(Cc2ccccc2)C1=O. The third-order valence-corrected chi connectivity index (χ3v) is 4.84. The summed E-state index contributed by atoms with van der Waals surface area (Å²) in [5.41, 5.74) is 2.43. The van der Waals surface area contributed by atoms with Gasteiger partial charge in [-0.25, -0.2) is 0 Å². The number of aryl methyl sites for hydroxylation is 1. The monoisotopic (exact) mass is 326 g/mol. The Morgan fingerprint density at radius 3 is 2.79 bits per heavy atom. The van der Waals surface area contributed by atoms with Crippen LogP contribution in [0, 0.1) is 0 Å². The van der Waals surface area contributed by atoms with Gasteiger partial charge in [0.15, 0.2) is 0 Å². The van der Waals surface area contributed by atoms with Crippen molar-refractivity contribution in [3.8, 4) is 0 Å². The van der Waals surface area contributed by atoms with Gasteiger partial charge in [0.1, 0.15) is 0 Å². The lowest BCUT2D eigenvalue weighted by Crippen LogP contribution is -2.40. The largest absolute Gasteiger partial charge is 0.337 e. The third kappa shape index (κ3) is 3.67. The first-order chi connectivity index (χ1) is 11.7. The molecule has 2 aromatic rings. The van der Waals surface area contributed by atoms with E-state index in [9.17, 15) is 4.79 Å². The maximum atomic E-state index is 12.7. The first-order valence-electron chi connectivity index (χ1n) is 8.72. The smallest absolute Gasteiger partial charge is 0.240 e. The molecule has 1 aromatic carbocycles. The molecule has 0 aliphatic carbocycles. The van der Waals surface area contributed by atoms with Crippen molar-refractivity contribution in [2.24, 2.45) is 0 Å². The number of hydrogen-bond acceptors (Lipinski definition) is 3. The Labute approximate surface area is 143 Å². The maximum Gasteiger partial charge on any atom is 0.240 e. The van der Waals surface area contributed by atoms with Gasteiger partial charge in [0.25, 0.3) is 0 Å². The lowest BCUT2D eigenvalue weighted by molar-refractivity contribution is -0.132. The van der Waals surface area contributed by atoms with Gasteiger partial charge in [-0.05, 0) is 32.0 Å². The summed E-state index contributed by atoms with van der Waals surface area (Å²) < 4.78 is 2.02. The highest BCUT2D eigenvalue weighted by molar-refractivity contribution is 5.83. The van der Waals surface area contributed by atoms with Gasteiger partial charge >= 0.3 is 0 Å². The van der Waals surface area contributed by atoms with Gasteiger partial charge in [-0.1, -0.05) is 30.3 Å². The zero-order valence-electron chi connectivity index (χ0n) is 14.6. The van der Waals surface area contributed by atoms with Crippen LogP contribution < -0.4 is 0 Å². The van der Waals surface area contributed by atoms with Crippen molar-refractivity contribution in [2.75, 3.05) is 20.1 Å². The summed E-state index contributed by atoms with van der Waals surface area (Å²) in [6, 6.07) is 12.3. The number of carbonyl (C=O) groups excluding carboxylic acids is 1. The normalized spacial score (nSPS) is 17.9. The molecule has 24 heavy (non-hydrogen) atoms. The molecule has 3 rings (SSSR count).